The largest absolute Gasteiger partial charge is 0.452 e. The van der Waals surface area contributed by atoms with Gasteiger partial charge in [-0.15, -0.1) is 0 Å². The van der Waals surface area contributed by atoms with Gasteiger partial charge < -0.3 is 14.5 Å². The van der Waals surface area contributed by atoms with Crippen LogP contribution in [0.4, 0.5) is 19.0 Å². The average Bonchev–Trinajstić information content (AvgIpc) is 2.63. The number of rotatable bonds is 5. The highest BCUT2D eigenvalue weighted by atomic mass is 35.5. The minimum atomic E-state index is -4.51. The summed E-state index contributed by atoms with van der Waals surface area (Å²) in [5, 5.41) is -0.0961. The summed E-state index contributed by atoms with van der Waals surface area (Å²) in [7, 11) is 0. The summed E-state index contributed by atoms with van der Waals surface area (Å²) in [6.45, 7) is 2.86. The van der Waals surface area contributed by atoms with E-state index < -0.39 is 17.7 Å². The van der Waals surface area contributed by atoms with Crippen molar-refractivity contribution in [1.82, 2.24) is 9.88 Å². The molecule has 0 aromatic carbocycles. The van der Waals surface area contributed by atoms with Crippen LogP contribution < -0.4 is 4.90 Å². The molecule has 0 atom stereocenters. The Morgan fingerprint density at radius 1 is 1.30 bits per heavy atom. The number of aromatic nitrogens is 1. The monoisotopic (exact) mass is 405 g/mol. The highest BCUT2D eigenvalue weighted by molar-refractivity contribution is 6.33. The lowest BCUT2D eigenvalue weighted by Gasteiger charge is -2.35. The highest BCUT2D eigenvalue weighted by Gasteiger charge is 2.32. The summed E-state index contributed by atoms with van der Waals surface area (Å²) >= 11 is 5.95. The molecule has 0 bridgehead atoms. The molecule has 0 saturated carbocycles. The van der Waals surface area contributed by atoms with Crippen molar-refractivity contribution in [1.29, 1.82) is 0 Å². The van der Waals surface area contributed by atoms with Gasteiger partial charge >= 0.3 is 12.1 Å². The maximum atomic E-state index is 12.7. The summed E-state index contributed by atoms with van der Waals surface area (Å²) in [6.07, 6.45) is -0.187. The van der Waals surface area contributed by atoms with Gasteiger partial charge in [-0.2, -0.15) is 13.2 Å². The first kappa shape index (κ1) is 21.0. The third kappa shape index (κ3) is 5.85. The van der Waals surface area contributed by atoms with E-state index in [1.165, 1.54) is 11.0 Å². The molecular weight excluding hydrogens is 387 g/mol. The van der Waals surface area contributed by atoms with Gasteiger partial charge in [-0.25, -0.2) is 9.78 Å². The Kier molecular flexibility index (Phi) is 7.06. The number of halogens is 4. The van der Waals surface area contributed by atoms with Crippen molar-refractivity contribution in [3.05, 3.63) is 35.0 Å². The lowest BCUT2D eigenvalue weighted by molar-refractivity contribution is -0.148. The normalized spacial score (nSPS) is 15.3. The number of amides is 1. The van der Waals surface area contributed by atoms with Crippen LogP contribution >= 0.6 is 11.6 Å². The van der Waals surface area contributed by atoms with E-state index in [0.717, 1.165) is 12.3 Å². The second kappa shape index (κ2) is 9.07. The van der Waals surface area contributed by atoms with E-state index in [0.29, 0.717) is 32.6 Å². The lowest BCUT2D eigenvalue weighted by atomic mass is 10.2. The molecule has 27 heavy (non-hydrogen) atoms. The second-order valence-corrected chi connectivity index (χ2v) is 6.22. The van der Waals surface area contributed by atoms with Crippen LogP contribution in [0.15, 0.2) is 24.4 Å². The number of alkyl halides is 3. The van der Waals surface area contributed by atoms with E-state index in [4.69, 9.17) is 16.3 Å². The molecule has 0 N–H and O–H groups in total. The van der Waals surface area contributed by atoms with Crippen LogP contribution in [0.3, 0.4) is 0 Å². The third-order valence-corrected chi connectivity index (χ3v) is 4.19. The molecule has 1 saturated heterocycles. The Bertz CT molecular complexity index is 717. The molecule has 1 aromatic rings. The predicted molar refractivity (Wildman–Crippen MR) is 93.4 cm³/mol. The number of hydrogen-bond acceptors (Lipinski definition) is 5. The zero-order valence-electron chi connectivity index (χ0n) is 14.6. The number of nitrogens with zero attached hydrogens (tertiary/aromatic N) is 3. The van der Waals surface area contributed by atoms with Gasteiger partial charge in [0.2, 0.25) is 0 Å². The summed E-state index contributed by atoms with van der Waals surface area (Å²) in [4.78, 5) is 30.5. The van der Waals surface area contributed by atoms with Crippen LogP contribution in [0.2, 0.25) is 5.02 Å². The van der Waals surface area contributed by atoms with E-state index in [9.17, 15) is 22.8 Å². The minimum Gasteiger partial charge on any atom is -0.452 e. The number of esters is 1. The van der Waals surface area contributed by atoms with Gasteiger partial charge in [0.05, 0.1) is 10.6 Å². The Labute approximate surface area is 159 Å². The molecule has 148 valence electrons. The van der Waals surface area contributed by atoms with Gasteiger partial charge in [0, 0.05) is 38.5 Å². The fourth-order valence-corrected chi connectivity index (χ4v) is 2.76. The van der Waals surface area contributed by atoms with E-state index in [1.54, 1.807) is 11.0 Å². The van der Waals surface area contributed by atoms with E-state index >= 15 is 0 Å². The summed E-state index contributed by atoms with van der Waals surface area (Å²) in [6, 6.07) is 0.838. The fraction of sp³-hybridized carbons (Fsp3) is 0.471. The van der Waals surface area contributed by atoms with Gasteiger partial charge in [0.1, 0.15) is 5.82 Å². The molecule has 2 rings (SSSR count). The van der Waals surface area contributed by atoms with Crippen LogP contribution in [0.5, 0.6) is 0 Å². The van der Waals surface area contributed by atoms with Crippen molar-refractivity contribution in [2.24, 2.45) is 0 Å². The van der Waals surface area contributed by atoms with E-state index in [2.05, 4.69) is 4.98 Å². The first-order chi connectivity index (χ1) is 12.7. The predicted octanol–water partition coefficient (Wildman–Crippen LogP) is 2.91. The molecule has 0 spiro atoms. The van der Waals surface area contributed by atoms with E-state index in [-0.39, 0.29) is 23.4 Å². The first-order valence-corrected chi connectivity index (χ1v) is 8.69. The molecule has 6 nitrogen and oxygen atoms in total. The quantitative estimate of drug-likeness (QED) is 0.557. The molecule has 0 radical (unpaired) electrons. The number of pyridine rings is 1. The first-order valence-electron chi connectivity index (χ1n) is 8.31. The standard InChI is InChI=1S/C17H19ClF3N3O3/c1-2-3-4-15(26)27-11-14(25)23-5-7-24(8-6-23)16-13(18)9-12(10-22-16)17(19,20)21/h3-4,9-10H,2,5-8,11H2,1H3/b4-3+. The van der Waals surface area contributed by atoms with E-state index in [1.807, 2.05) is 6.92 Å². The summed E-state index contributed by atoms with van der Waals surface area (Å²) in [5.41, 5.74) is -0.913. The average molecular weight is 406 g/mol. The molecule has 1 aliphatic heterocycles. The number of carbonyl (C=O) groups is 2. The summed E-state index contributed by atoms with van der Waals surface area (Å²) < 4.78 is 42.9. The number of carbonyl (C=O) groups excluding carboxylic acids is 2. The molecule has 0 unspecified atom stereocenters. The van der Waals surface area contributed by atoms with Crippen molar-refractivity contribution < 1.29 is 27.5 Å². The lowest BCUT2D eigenvalue weighted by Crippen LogP contribution is -2.50. The van der Waals surface area contributed by atoms with Crippen LogP contribution in [0, 0.1) is 0 Å². The minimum absolute atomic E-state index is 0.0961. The zero-order chi connectivity index (χ0) is 20.0. The van der Waals surface area contributed by atoms with Crippen LogP contribution in [0.25, 0.3) is 0 Å². The van der Waals surface area contributed by atoms with Crippen LogP contribution in [0.1, 0.15) is 18.9 Å². The third-order valence-electron chi connectivity index (χ3n) is 3.91. The maximum Gasteiger partial charge on any atom is 0.417 e. The zero-order valence-corrected chi connectivity index (χ0v) is 15.4. The SMILES string of the molecule is CC/C=C/C(=O)OCC(=O)N1CCN(c2ncc(C(F)(F)F)cc2Cl)CC1. The van der Waals surface area contributed by atoms with Crippen molar-refractivity contribution >= 4 is 29.3 Å². The molecule has 10 heteroatoms. The second-order valence-electron chi connectivity index (χ2n) is 5.81. The van der Waals surface area contributed by atoms with Crippen LogP contribution in [-0.2, 0) is 20.5 Å². The fourth-order valence-electron chi connectivity index (χ4n) is 2.47. The molecule has 2 heterocycles. The van der Waals surface area contributed by atoms with Crippen LogP contribution in [-0.4, -0.2) is 54.5 Å². The Morgan fingerprint density at radius 3 is 2.52 bits per heavy atom. The Hall–Kier alpha value is -2.29. The van der Waals surface area contributed by atoms with Crippen molar-refractivity contribution in [3.63, 3.8) is 0 Å². The molecule has 1 aromatic heterocycles. The van der Waals surface area contributed by atoms with Crippen molar-refractivity contribution in [2.45, 2.75) is 19.5 Å². The molecule has 1 amide bonds. The molecule has 1 fully saturated rings. The Balaban J connectivity index is 1.89. The number of piperazine rings is 1. The number of ether oxygens (including phenoxy) is 1. The number of hydrogen-bond donors (Lipinski definition) is 0. The van der Waals surface area contributed by atoms with Crippen molar-refractivity contribution in [2.75, 3.05) is 37.7 Å². The number of anilines is 1. The van der Waals surface area contributed by atoms with Gasteiger partial charge in [-0.05, 0) is 12.5 Å². The smallest absolute Gasteiger partial charge is 0.417 e. The highest BCUT2D eigenvalue weighted by Crippen LogP contribution is 2.33. The maximum absolute atomic E-state index is 12.7. The topological polar surface area (TPSA) is 62.7 Å². The van der Waals surface area contributed by atoms with Crippen molar-refractivity contribution in [3.8, 4) is 0 Å². The molecular formula is C17H19ClF3N3O3. The van der Waals surface area contributed by atoms with Gasteiger partial charge in [-0.3, -0.25) is 4.79 Å². The molecule has 1 aliphatic rings. The van der Waals surface area contributed by atoms with Gasteiger partial charge in [0.25, 0.3) is 5.91 Å². The molecule has 0 aliphatic carbocycles. The van der Waals surface area contributed by atoms with Gasteiger partial charge in [-0.1, -0.05) is 24.6 Å². The van der Waals surface area contributed by atoms with Gasteiger partial charge in [0.15, 0.2) is 6.61 Å². The summed E-state index contributed by atoms with van der Waals surface area (Å²) in [5.74, 6) is -0.670. The Morgan fingerprint density at radius 2 is 1.96 bits per heavy atom. The number of allylic oxidation sites excluding steroid dienone is 1.